The lowest BCUT2D eigenvalue weighted by atomic mass is 9.49. The van der Waals surface area contributed by atoms with Crippen LogP contribution in [0.15, 0.2) is 18.3 Å². The molecule has 2 heteroatoms. The summed E-state index contributed by atoms with van der Waals surface area (Å²) < 4.78 is 0. The first kappa shape index (κ1) is 12.8. The number of nitrogens with one attached hydrogen (secondary N) is 1. The van der Waals surface area contributed by atoms with E-state index in [1.54, 1.807) is 0 Å². The van der Waals surface area contributed by atoms with Crippen LogP contribution in [0.2, 0.25) is 0 Å². The Bertz CT molecular complexity index is 459. The summed E-state index contributed by atoms with van der Waals surface area (Å²) in [5, 5.41) is 3.74. The average molecular weight is 270 g/mol. The molecule has 0 unspecified atom stereocenters. The zero-order chi connectivity index (χ0) is 13.6. The van der Waals surface area contributed by atoms with Gasteiger partial charge in [0.1, 0.15) is 0 Å². The quantitative estimate of drug-likeness (QED) is 0.902. The van der Waals surface area contributed by atoms with Gasteiger partial charge in [-0.25, -0.2) is 0 Å². The molecule has 5 rings (SSSR count). The standard InChI is InChI=1S/C18H26N2/c1-13-3-2-4-20-17(13)11-19-12-18-8-14-5-15(9-18)7-16(6-14)10-18/h2-4,14-16,19H,5-12H2,1H3. The second-order valence-corrected chi connectivity index (χ2v) is 7.79. The first-order valence-corrected chi connectivity index (χ1v) is 8.34. The van der Waals surface area contributed by atoms with Crippen LogP contribution in [0.25, 0.3) is 0 Å². The predicted octanol–water partition coefficient (Wildman–Crippen LogP) is 3.70. The van der Waals surface area contributed by atoms with E-state index < -0.39 is 0 Å². The molecule has 4 aliphatic carbocycles. The van der Waals surface area contributed by atoms with Gasteiger partial charge in [0, 0.05) is 19.3 Å². The fourth-order valence-electron chi connectivity index (χ4n) is 5.66. The van der Waals surface area contributed by atoms with Crippen molar-refractivity contribution in [1.29, 1.82) is 0 Å². The van der Waals surface area contributed by atoms with E-state index >= 15 is 0 Å². The molecule has 4 bridgehead atoms. The largest absolute Gasteiger partial charge is 0.311 e. The van der Waals surface area contributed by atoms with E-state index in [1.807, 2.05) is 12.3 Å². The molecular weight excluding hydrogens is 244 g/mol. The van der Waals surface area contributed by atoms with Crippen molar-refractivity contribution in [1.82, 2.24) is 10.3 Å². The molecule has 1 heterocycles. The lowest BCUT2D eigenvalue weighted by molar-refractivity contribution is -0.0514. The highest BCUT2D eigenvalue weighted by atomic mass is 14.9. The average Bonchev–Trinajstić information content (AvgIpc) is 2.39. The van der Waals surface area contributed by atoms with Crippen molar-refractivity contribution in [3.63, 3.8) is 0 Å². The van der Waals surface area contributed by atoms with E-state index in [2.05, 4.69) is 23.3 Å². The van der Waals surface area contributed by atoms with Crippen LogP contribution in [0.3, 0.4) is 0 Å². The van der Waals surface area contributed by atoms with Crippen molar-refractivity contribution in [3.8, 4) is 0 Å². The highest BCUT2D eigenvalue weighted by molar-refractivity contribution is 5.17. The Morgan fingerprint density at radius 3 is 2.40 bits per heavy atom. The van der Waals surface area contributed by atoms with E-state index in [1.165, 1.54) is 56.3 Å². The first-order valence-electron chi connectivity index (χ1n) is 8.34. The second-order valence-electron chi connectivity index (χ2n) is 7.79. The number of aromatic nitrogens is 1. The van der Waals surface area contributed by atoms with Crippen molar-refractivity contribution in [2.24, 2.45) is 23.2 Å². The molecule has 0 radical (unpaired) electrons. The van der Waals surface area contributed by atoms with E-state index in [-0.39, 0.29) is 0 Å². The molecule has 0 aliphatic heterocycles. The van der Waals surface area contributed by atoms with Crippen molar-refractivity contribution >= 4 is 0 Å². The Morgan fingerprint density at radius 2 is 1.80 bits per heavy atom. The van der Waals surface area contributed by atoms with Crippen LogP contribution in [-0.4, -0.2) is 11.5 Å². The molecule has 4 saturated carbocycles. The number of aryl methyl sites for hydroxylation is 1. The number of pyridine rings is 1. The maximum atomic E-state index is 4.50. The Labute approximate surface area is 122 Å². The van der Waals surface area contributed by atoms with Crippen LogP contribution in [-0.2, 0) is 6.54 Å². The van der Waals surface area contributed by atoms with Crippen LogP contribution in [0.1, 0.15) is 49.8 Å². The topological polar surface area (TPSA) is 24.9 Å². The summed E-state index contributed by atoms with van der Waals surface area (Å²) in [6.45, 7) is 4.32. The molecule has 1 aromatic rings. The molecule has 4 fully saturated rings. The van der Waals surface area contributed by atoms with Gasteiger partial charge in [-0.15, -0.1) is 0 Å². The first-order chi connectivity index (χ1) is 9.72. The summed E-state index contributed by atoms with van der Waals surface area (Å²) in [5.41, 5.74) is 3.17. The van der Waals surface area contributed by atoms with Gasteiger partial charge in [-0.2, -0.15) is 0 Å². The summed E-state index contributed by atoms with van der Waals surface area (Å²) in [6, 6.07) is 4.19. The molecule has 2 nitrogen and oxygen atoms in total. The zero-order valence-corrected chi connectivity index (χ0v) is 12.6. The third kappa shape index (κ3) is 2.28. The lowest BCUT2D eigenvalue weighted by Gasteiger charge is -2.57. The number of rotatable bonds is 4. The van der Waals surface area contributed by atoms with Gasteiger partial charge >= 0.3 is 0 Å². The SMILES string of the molecule is Cc1cccnc1CNCC12CC3CC(CC(C3)C1)C2. The molecule has 0 atom stereocenters. The third-order valence-corrected chi connectivity index (χ3v) is 6.08. The van der Waals surface area contributed by atoms with Crippen molar-refractivity contribution in [3.05, 3.63) is 29.6 Å². The van der Waals surface area contributed by atoms with E-state index in [9.17, 15) is 0 Å². The number of nitrogens with zero attached hydrogens (tertiary/aromatic N) is 1. The second kappa shape index (κ2) is 4.84. The Kier molecular flexibility index (Phi) is 3.10. The fourth-order valence-corrected chi connectivity index (χ4v) is 5.66. The molecule has 1 aromatic heterocycles. The molecule has 0 spiro atoms. The highest BCUT2D eigenvalue weighted by Crippen LogP contribution is 2.59. The molecular formula is C18H26N2. The minimum absolute atomic E-state index is 0.636. The molecule has 0 aromatic carbocycles. The normalized spacial score (nSPS) is 38.4. The van der Waals surface area contributed by atoms with E-state index in [4.69, 9.17) is 0 Å². The Hall–Kier alpha value is -0.890. The zero-order valence-electron chi connectivity index (χ0n) is 12.6. The summed E-state index contributed by atoms with van der Waals surface area (Å²) in [5.74, 6) is 3.17. The van der Waals surface area contributed by atoms with Crippen LogP contribution in [0, 0.1) is 30.1 Å². The van der Waals surface area contributed by atoms with E-state index in [0.717, 1.165) is 24.3 Å². The van der Waals surface area contributed by atoms with Gasteiger partial charge in [-0.05, 0) is 80.2 Å². The summed E-state index contributed by atoms with van der Waals surface area (Å²) in [7, 11) is 0. The highest BCUT2D eigenvalue weighted by Gasteiger charge is 2.50. The molecule has 0 saturated heterocycles. The van der Waals surface area contributed by atoms with Gasteiger partial charge in [0.25, 0.3) is 0 Å². The van der Waals surface area contributed by atoms with E-state index in [0.29, 0.717) is 5.41 Å². The Balaban J connectivity index is 1.39. The predicted molar refractivity (Wildman–Crippen MR) is 81.3 cm³/mol. The molecule has 4 aliphatic rings. The summed E-state index contributed by atoms with van der Waals surface area (Å²) >= 11 is 0. The van der Waals surface area contributed by atoms with Crippen LogP contribution < -0.4 is 5.32 Å². The Morgan fingerprint density at radius 1 is 1.15 bits per heavy atom. The van der Waals surface area contributed by atoms with Gasteiger partial charge in [0.15, 0.2) is 0 Å². The van der Waals surface area contributed by atoms with Gasteiger partial charge in [-0.3, -0.25) is 4.98 Å². The van der Waals surface area contributed by atoms with Crippen molar-refractivity contribution < 1.29 is 0 Å². The summed E-state index contributed by atoms with van der Waals surface area (Å²) in [6.07, 6.45) is 11.0. The number of hydrogen-bond donors (Lipinski definition) is 1. The fraction of sp³-hybridized carbons (Fsp3) is 0.722. The smallest absolute Gasteiger partial charge is 0.0570 e. The molecule has 1 N–H and O–H groups in total. The van der Waals surface area contributed by atoms with Gasteiger partial charge < -0.3 is 5.32 Å². The molecule has 20 heavy (non-hydrogen) atoms. The van der Waals surface area contributed by atoms with Crippen LogP contribution >= 0.6 is 0 Å². The third-order valence-electron chi connectivity index (χ3n) is 6.08. The maximum Gasteiger partial charge on any atom is 0.0570 e. The number of hydrogen-bond acceptors (Lipinski definition) is 2. The van der Waals surface area contributed by atoms with Gasteiger partial charge in [0.2, 0.25) is 0 Å². The monoisotopic (exact) mass is 270 g/mol. The van der Waals surface area contributed by atoms with Crippen LogP contribution in [0.4, 0.5) is 0 Å². The molecule has 0 amide bonds. The van der Waals surface area contributed by atoms with Gasteiger partial charge in [0.05, 0.1) is 5.69 Å². The lowest BCUT2D eigenvalue weighted by Crippen LogP contribution is -2.50. The van der Waals surface area contributed by atoms with Gasteiger partial charge in [-0.1, -0.05) is 6.07 Å². The minimum Gasteiger partial charge on any atom is -0.311 e. The van der Waals surface area contributed by atoms with Crippen molar-refractivity contribution in [2.45, 2.75) is 52.0 Å². The van der Waals surface area contributed by atoms with Crippen molar-refractivity contribution in [2.75, 3.05) is 6.54 Å². The minimum atomic E-state index is 0.636. The summed E-state index contributed by atoms with van der Waals surface area (Å²) in [4.78, 5) is 4.50. The van der Waals surface area contributed by atoms with Crippen LogP contribution in [0.5, 0.6) is 0 Å². The molecule has 108 valence electrons. The maximum absolute atomic E-state index is 4.50.